The van der Waals surface area contributed by atoms with Crippen LogP contribution in [0, 0.1) is 17.5 Å². The van der Waals surface area contributed by atoms with Gasteiger partial charge in [-0.15, -0.1) is 11.3 Å². The molecule has 1 N–H and O–H groups in total. The maximum Gasteiger partial charge on any atom is 0.262 e. The zero-order chi connectivity index (χ0) is 18.8. The molecule has 1 atom stereocenters. The zero-order valence-corrected chi connectivity index (χ0v) is 14.9. The number of thiophene rings is 1. The van der Waals surface area contributed by atoms with Gasteiger partial charge in [-0.25, -0.2) is 13.2 Å². The van der Waals surface area contributed by atoms with Gasteiger partial charge in [0.2, 0.25) is 0 Å². The van der Waals surface area contributed by atoms with Crippen LogP contribution in [0.1, 0.15) is 33.8 Å². The van der Waals surface area contributed by atoms with Gasteiger partial charge in [-0.3, -0.25) is 4.79 Å². The fourth-order valence-corrected chi connectivity index (χ4v) is 3.95. The van der Waals surface area contributed by atoms with Gasteiger partial charge in [0.1, 0.15) is 17.5 Å². The fraction of sp³-hybridized carbons (Fsp3) is 0.211. The Labute approximate surface area is 152 Å². The molecule has 26 heavy (non-hydrogen) atoms. The normalized spacial score (nSPS) is 12.3. The predicted molar refractivity (Wildman–Crippen MR) is 94.7 cm³/mol. The summed E-state index contributed by atoms with van der Waals surface area (Å²) < 4.78 is 46.9. The van der Waals surface area contributed by atoms with E-state index in [4.69, 9.17) is 4.74 Å². The third kappa shape index (κ3) is 3.45. The molecule has 0 aliphatic carbocycles. The molecule has 0 fully saturated rings. The number of hydrogen-bond donors (Lipinski definition) is 1. The van der Waals surface area contributed by atoms with Gasteiger partial charge in [-0.2, -0.15) is 0 Å². The van der Waals surface area contributed by atoms with E-state index in [1.54, 1.807) is 19.1 Å². The minimum Gasteiger partial charge on any atom is -0.380 e. The third-order valence-electron chi connectivity index (χ3n) is 4.03. The lowest BCUT2D eigenvalue weighted by molar-refractivity contribution is 0.0939. The molecule has 3 aromatic rings. The van der Waals surface area contributed by atoms with Crippen LogP contribution in [0.2, 0.25) is 0 Å². The molecule has 1 aromatic heterocycles. The van der Waals surface area contributed by atoms with Crippen LogP contribution in [-0.2, 0) is 11.3 Å². The van der Waals surface area contributed by atoms with Gasteiger partial charge in [0.05, 0.1) is 17.5 Å². The largest absolute Gasteiger partial charge is 0.380 e. The summed E-state index contributed by atoms with van der Waals surface area (Å²) in [4.78, 5) is 13.0. The van der Waals surface area contributed by atoms with Crippen LogP contribution in [0.25, 0.3) is 10.1 Å². The molecule has 2 aromatic carbocycles. The lowest BCUT2D eigenvalue weighted by atomic mass is 10.1. The number of nitrogens with one attached hydrogen (secondary N) is 1. The maximum absolute atomic E-state index is 14.2. The van der Waals surface area contributed by atoms with Crippen molar-refractivity contribution in [1.29, 1.82) is 0 Å². The maximum atomic E-state index is 14.2. The van der Waals surface area contributed by atoms with Gasteiger partial charge in [0.15, 0.2) is 0 Å². The molecular weight excluding hydrogens is 363 g/mol. The summed E-state index contributed by atoms with van der Waals surface area (Å²) in [6.07, 6.45) is 0. The molecule has 0 saturated carbocycles. The molecule has 3 nitrogen and oxygen atoms in total. The number of fused-ring (bicyclic) bond motifs is 1. The molecule has 1 heterocycles. The van der Waals surface area contributed by atoms with Gasteiger partial charge < -0.3 is 10.1 Å². The summed E-state index contributed by atoms with van der Waals surface area (Å²) >= 11 is 1.14. The highest BCUT2D eigenvalue weighted by Gasteiger charge is 2.23. The Bertz CT molecular complexity index is 971. The Morgan fingerprint density at radius 1 is 1.19 bits per heavy atom. The van der Waals surface area contributed by atoms with E-state index in [2.05, 4.69) is 5.32 Å². The first-order valence-electron chi connectivity index (χ1n) is 7.87. The molecule has 136 valence electrons. The molecule has 0 radical (unpaired) electrons. The molecule has 1 unspecified atom stereocenters. The molecule has 0 saturated heterocycles. The monoisotopic (exact) mass is 379 g/mol. The van der Waals surface area contributed by atoms with Crippen LogP contribution >= 0.6 is 11.3 Å². The Hall–Kier alpha value is -2.38. The second-order valence-electron chi connectivity index (χ2n) is 5.82. The van der Waals surface area contributed by atoms with Gasteiger partial charge in [-0.1, -0.05) is 12.1 Å². The number of amides is 1. The van der Waals surface area contributed by atoms with Crippen molar-refractivity contribution < 1.29 is 22.7 Å². The lowest BCUT2D eigenvalue weighted by Crippen LogP contribution is -2.27. The molecular formula is C19H16F3NO2S. The van der Waals surface area contributed by atoms with E-state index in [1.807, 2.05) is 0 Å². The van der Waals surface area contributed by atoms with Crippen LogP contribution in [-0.4, -0.2) is 13.0 Å². The van der Waals surface area contributed by atoms with Gasteiger partial charge in [0, 0.05) is 34.4 Å². The number of halogens is 3. The molecule has 3 rings (SSSR count). The quantitative estimate of drug-likeness (QED) is 0.681. The van der Waals surface area contributed by atoms with Gasteiger partial charge >= 0.3 is 0 Å². The summed E-state index contributed by atoms with van der Waals surface area (Å²) in [6, 6.07) is 7.12. The van der Waals surface area contributed by atoms with Crippen LogP contribution in [0.5, 0.6) is 0 Å². The Morgan fingerprint density at radius 3 is 2.65 bits per heavy atom. The van der Waals surface area contributed by atoms with E-state index in [-0.39, 0.29) is 12.2 Å². The van der Waals surface area contributed by atoms with Crippen molar-refractivity contribution in [2.75, 3.05) is 7.11 Å². The van der Waals surface area contributed by atoms with E-state index in [1.165, 1.54) is 19.2 Å². The SMILES string of the molecule is COCc1c(C(=O)NC(C)c2ccc(F)cc2F)sc2cccc(F)c12. The molecule has 0 bridgehead atoms. The van der Waals surface area contributed by atoms with Crippen molar-refractivity contribution in [3.8, 4) is 0 Å². The highest BCUT2D eigenvalue weighted by Crippen LogP contribution is 2.34. The molecule has 7 heteroatoms. The van der Waals surface area contributed by atoms with E-state index in [9.17, 15) is 18.0 Å². The smallest absolute Gasteiger partial charge is 0.262 e. The number of benzene rings is 2. The van der Waals surface area contributed by atoms with Gasteiger partial charge in [0.25, 0.3) is 5.91 Å². The number of hydrogen-bond acceptors (Lipinski definition) is 3. The number of methoxy groups -OCH3 is 1. The van der Waals surface area contributed by atoms with Crippen LogP contribution in [0.15, 0.2) is 36.4 Å². The zero-order valence-electron chi connectivity index (χ0n) is 14.1. The van der Waals surface area contributed by atoms with Gasteiger partial charge in [-0.05, 0) is 25.1 Å². The minimum absolute atomic E-state index is 0.0724. The summed E-state index contributed by atoms with van der Waals surface area (Å²) in [5.41, 5.74) is 0.621. The first-order valence-corrected chi connectivity index (χ1v) is 8.68. The van der Waals surface area contributed by atoms with Crippen molar-refractivity contribution >= 4 is 27.3 Å². The topological polar surface area (TPSA) is 38.3 Å². The molecule has 0 spiro atoms. The van der Waals surface area contributed by atoms with Crippen molar-refractivity contribution in [2.45, 2.75) is 19.6 Å². The van der Waals surface area contributed by atoms with Crippen molar-refractivity contribution in [2.24, 2.45) is 0 Å². The number of carbonyl (C=O) groups excluding carboxylic acids is 1. The fourth-order valence-electron chi connectivity index (χ4n) is 2.83. The number of ether oxygens (including phenoxy) is 1. The van der Waals surface area contributed by atoms with Crippen LogP contribution in [0.3, 0.4) is 0 Å². The Balaban J connectivity index is 1.94. The van der Waals surface area contributed by atoms with Crippen LogP contribution in [0.4, 0.5) is 13.2 Å². The number of carbonyl (C=O) groups is 1. The van der Waals surface area contributed by atoms with E-state index >= 15 is 0 Å². The first-order chi connectivity index (χ1) is 12.4. The van der Waals surface area contributed by atoms with Crippen molar-refractivity contribution in [3.05, 3.63) is 69.9 Å². The summed E-state index contributed by atoms with van der Waals surface area (Å²) in [6.45, 7) is 1.67. The average Bonchev–Trinajstić information content (AvgIpc) is 2.95. The second kappa shape index (κ2) is 7.47. The number of rotatable bonds is 5. The second-order valence-corrected chi connectivity index (χ2v) is 6.87. The molecule has 0 aliphatic heterocycles. The third-order valence-corrected chi connectivity index (χ3v) is 5.23. The molecule has 0 aliphatic rings. The van der Waals surface area contributed by atoms with Crippen molar-refractivity contribution in [1.82, 2.24) is 5.32 Å². The summed E-state index contributed by atoms with van der Waals surface area (Å²) in [7, 11) is 1.46. The van der Waals surface area contributed by atoms with Crippen molar-refractivity contribution in [3.63, 3.8) is 0 Å². The minimum atomic E-state index is -0.739. The standard InChI is InChI=1S/C19H16F3NO2S/c1-10(12-7-6-11(20)8-15(12)22)23-19(24)18-13(9-25-2)17-14(21)4-3-5-16(17)26-18/h3-8,10H,9H2,1-2H3,(H,23,24). The summed E-state index contributed by atoms with van der Waals surface area (Å²) in [5, 5.41) is 3.03. The Morgan fingerprint density at radius 2 is 1.96 bits per heavy atom. The highest BCUT2D eigenvalue weighted by atomic mass is 32.1. The Kier molecular flexibility index (Phi) is 5.29. The van der Waals surface area contributed by atoms with E-state index in [0.717, 1.165) is 23.5 Å². The first kappa shape index (κ1) is 18.4. The summed E-state index contributed by atoms with van der Waals surface area (Å²) in [5.74, 6) is -2.32. The highest BCUT2D eigenvalue weighted by molar-refractivity contribution is 7.21. The average molecular weight is 379 g/mol. The van der Waals surface area contributed by atoms with E-state index < -0.39 is 29.4 Å². The van der Waals surface area contributed by atoms with E-state index in [0.29, 0.717) is 20.5 Å². The molecule has 1 amide bonds. The predicted octanol–water partition coefficient (Wildman–Crippen LogP) is 4.96. The van der Waals surface area contributed by atoms with Crippen LogP contribution < -0.4 is 5.32 Å². The lowest BCUT2D eigenvalue weighted by Gasteiger charge is -2.15.